The largest absolute Gasteiger partial charge is 0.372 e. The van der Waals surface area contributed by atoms with Gasteiger partial charge in [0, 0.05) is 6.42 Å². The summed E-state index contributed by atoms with van der Waals surface area (Å²) in [6, 6.07) is 0. The SMILES string of the molecule is CC(C)(CCOS(C)(=O)=O)OCC(C)(C)OS(C)(=O)=O. The van der Waals surface area contributed by atoms with Gasteiger partial charge in [-0.25, -0.2) is 0 Å². The molecule has 122 valence electrons. The second kappa shape index (κ2) is 6.69. The summed E-state index contributed by atoms with van der Waals surface area (Å²) < 4.78 is 59.0. The molecule has 0 unspecified atom stereocenters. The van der Waals surface area contributed by atoms with Gasteiger partial charge in [-0.2, -0.15) is 16.8 Å². The Balaban J connectivity index is 4.34. The number of hydrogen-bond donors (Lipinski definition) is 0. The highest BCUT2D eigenvalue weighted by Gasteiger charge is 2.28. The van der Waals surface area contributed by atoms with Crippen LogP contribution in [0, 0.1) is 0 Å². The van der Waals surface area contributed by atoms with Crippen molar-refractivity contribution >= 4 is 20.2 Å². The second-order valence-corrected chi connectivity index (χ2v) is 9.09. The average Bonchev–Trinajstić information content (AvgIpc) is 2.08. The highest BCUT2D eigenvalue weighted by atomic mass is 32.2. The fourth-order valence-corrected chi connectivity index (χ4v) is 2.57. The number of ether oxygens (including phenoxy) is 1. The lowest BCUT2D eigenvalue weighted by Gasteiger charge is -2.31. The predicted octanol–water partition coefficient (Wildman–Crippen LogP) is 0.903. The maximum Gasteiger partial charge on any atom is 0.264 e. The van der Waals surface area contributed by atoms with Crippen molar-refractivity contribution in [3.05, 3.63) is 0 Å². The standard InChI is InChI=1S/C11H24O7S2/c1-10(2,7-8-17-19(5,12)13)16-9-11(3,4)18-20(6,14)15/h7-9H2,1-6H3. The van der Waals surface area contributed by atoms with Gasteiger partial charge in [-0.05, 0) is 27.7 Å². The minimum atomic E-state index is -3.57. The summed E-state index contributed by atoms with van der Waals surface area (Å²) in [6.45, 7) is 6.75. The first-order valence-electron chi connectivity index (χ1n) is 6.01. The van der Waals surface area contributed by atoms with Gasteiger partial charge in [-0.15, -0.1) is 0 Å². The van der Waals surface area contributed by atoms with Crippen molar-refractivity contribution in [3.63, 3.8) is 0 Å². The van der Waals surface area contributed by atoms with Crippen molar-refractivity contribution in [2.45, 2.75) is 45.3 Å². The van der Waals surface area contributed by atoms with Crippen LogP contribution in [0.1, 0.15) is 34.1 Å². The Labute approximate surface area is 121 Å². The quantitative estimate of drug-likeness (QED) is 0.579. The monoisotopic (exact) mass is 332 g/mol. The Morgan fingerprint density at radius 1 is 0.850 bits per heavy atom. The molecule has 9 heteroatoms. The van der Waals surface area contributed by atoms with Crippen LogP contribution in [0.25, 0.3) is 0 Å². The minimum Gasteiger partial charge on any atom is -0.372 e. The predicted molar refractivity (Wildman–Crippen MR) is 75.5 cm³/mol. The molecule has 0 amide bonds. The lowest BCUT2D eigenvalue weighted by Crippen LogP contribution is -2.38. The van der Waals surface area contributed by atoms with E-state index in [-0.39, 0.29) is 13.2 Å². The van der Waals surface area contributed by atoms with Crippen LogP contribution in [0.15, 0.2) is 0 Å². The van der Waals surface area contributed by atoms with Gasteiger partial charge in [0.15, 0.2) is 0 Å². The van der Waals surface area contributed by atoms with Gasteiger partial charge in [0.2, 0.25) is 0 Å². The third kappa shape index (κ3) is 11.6. The molecule has 0 aliphatic carbocycles. The Bertz CT molecular complexity index is 503. The van der Waals surface area contributed by atoms with E-state index in [4.69, 9.17) is 8.92 Å². The highest BCUT2D eigenvalue weighted by molar-refractivity contribution is 7.86. The van der Waals surface area contributed by atoms with Crippen molar-refractivity contribution in [2.24, 2.45) is 0 Å². The lowest BCUT2D eigenvalue weighted by molar-refractivity contribution is -0.0860. The molecule has 0 aromatic carbocycles. The summed E-state index contributed by atoms with van der Waals surface area (Å²) in [5.74, 6) is 0. The molecule has 0 bridgehead atoms. The van der Waals surface area contributed by atoms with Crippen LogP contribution >= 0.6 is 0 Å². The van der Waals surface area contributed by atoms with E-state index < -0.39 is 31.4 Å². The third-order valence-electron chi connectivity index (χ3n) is 2.19. The Morgan fingerprint density at radius 3 is 1.75 bits per heavy atom. The molecule has 0 fully saturated rings. The normalized spacial score (nSPS) is 14.5. The van der Waals surface area contributed by atoms with Crippen molar-refractivity contribution in [3.8, 4) is 0 Å². The van der Waals surface area contributed by atoms with Gasteiger partial charge >= 0.3 is 0 Å². The third-order valence-corrected chi connectivity index (χ3v) is 3.54. The van der Waals surface area contributed by atoms with Crippen LogP contribution < -0.4 is 0 Å². The van der Waals surface area contributed by atoms with Gasteiger partial charge in [0.05, 0.1) is 31.3 Å². The van der Waals surface area contributed by atoms with Gasteiger partial charge in [0.1, 0.15) is 5.60 Å². The van der Waals surface area contributed by atoms with E-state index in [1.807, 2.05) is 0 Å². The van der Waals surface area contributed by atoms with E-state index in [1.54, 1.807) is 27.7 Å². The summed E-state index contributed by atoms with van der Waals surface area (Å²) in [4.78, 5) is 0. The van der Waals surface area contributed by atoms with E-state index in [0.29, 0.717) is 6.42 Å². The highest BCUT2D eigenvalue weighted by Crippen LogP contribution is 2.20. The summed E-state index contributed by atoms with van der Waals surface area (Å²) >= 11 is 0. The summed E-state index contributed by atoms with van der Waals surface area (Å²) in [7, 11) is -7.04. The minimum absolute atomic E-state index is 0.000798. The van der Waals surface area contributed by atoms with E-state index in [2.05, 4.69) is 4.18 Å². The fourth-order valence-electron chi connectivity index (χ4n) is 1.31. The molecular weight excluding hydrogens is 308 g/mol. The van der Waals surface area contributed by atoms with Crippen LogP contribution in [-0.2, 0) is 33.3 Å². The van der Waals surface area contributed by atoms with Gasteiger partial charge < -0.3 is 4.74 Å². The maximum absolute atomic E-state index is 11.1. The first-order chi connectivity index (χ1) is 8.62. The lowest BCUT2D eigenvalue weighted by atomic mass is 10.1. The molecule has 0 spiro atoms. The fraction of sp³-hybridized carbons (Fsp3) is 1.00. The summed E-state index contributed by atoms with van der Waals surface area (Å²) in [6.07, 6.45) is 2.29. The molecule has 0 aromatic heterocycles. The molecule has 0 radical (unpaired) electrons. The summed E-state index contributed by atoms with van der Waals surface area (Å²) in [5.41, 5.74) is -1.66. The molecule has 0 atom stereocenters. The molecule has 0 saturated heterocycles. The van der Waals surface area contributed by atoms with Gasteiger partial charge in [0.25, 0.3) is 20.2 Å². The molecule has 0 heterocycles. The van der Waals surface area contributed by atoms with Crippen molar-refractivity contribution < 1.29 is 29.9 Å². The zero-order valence-corrected chi connectivity index (χ0v) is 14.4. The Kier molecular flexibility index (Phi) is 6.62. The first kappa shape index (κ1) is 19.8. The van der Waals surface area contributed by atoms with Crippen LogP contribution in [-0.4, -0.2) is 53.8 Å². The molecule has 0 saturated carbocycles. The van der Waals surface area contributed by atoms with Crippen molar-refractivity contribution in [2.75, 3.05) is 25.7 Å². The molecule has 0 aromatic rings. The molecule has 20 heavy (non-hydrogen) atoms. The van der Waals surface area contributed by atoms with Crippen LogP contribution in [0.5, 0.6) is 0 Å². The smallest absolute Gasteiger partial charge is 0.264 e. The summed E-state index contributed by atoms with van der Waals surface area (Å²) in [5, 5.41) is 0. The molecule has 0 aliphatic heterocycles. The Hall–Kier alpha value is -0.220. The topological polar surface area (TPSA) is 96.0 Å². The molecule has 0 rings (SSSR count). The van der Waals surface area contributed by atoms with Gasteiger partial charge in [-0.1, -0.05) is 0 Å². The zero-order valence-electron chi connectivity index (χ0n) is 12.8. The first-order valence-corrected chi connectivity index (χ1v) is 9.64. The molecular formula is C11H24O7S2. The molecule has 7 nitrogen and oxygen atoms in total. The van der Waals surface area contributed by atoms with E-state index in [9.17, 15) is 16.8 Å². The van der Waals surface area contributed by atoms with Crippen molar-refractivity contribution in [1.29, 1.82) is 0 Å². The van der Waals surface area contributed by atoms with Crippen LogP contribution in [0.3, 0.4) is 0 Å². The average molecular weight is 332 g/mol. The van der Waals surface area contributed by atoms with E-state index >= 15 is 0 Å². The second-order valence-electron chi connectivity index (χ2n) is 5.87. The Morgan fingerprint density at radius 2 is 1.35 bits per heavy atom. The van der Waals surface area contributed by atoms with Crippen LogP contribution in [0.4, 0.5) is 0 Å². The van der Waals surface area contributed by atoms with E-state index in [0.717, 1.165) is 12.5 Å². The number of rotatable bonds is 9. The maximum atomic E-state index is 11.1. The molecule has 0 N–H and O–H groups in total. The van der Waals surface area contributed by atoms with Gasteiger partial charge in [-0.3, -0.25) is 8.37 Å². The molecule has 0 aliphatic rings. The van der Waals surface area contributed by atoms with Crippen molar-refractivity contribution in [1.82, 2.24) is 0 Å². The van der Waals surface area contributed by atoms with Crippen LogP contribution in [0.2, 0.25) is 0 Å². The zero-order chi connectivity index (χ0) is 16.2. The number of hydrogen-bond acceptors (Lipinski definition) is 7. The van der Waals surface area contributed by atoms with E-state index in [1.165, 1.54) is 0 Å².